The zero-order valence-corrected chi connectivity index (χ0v) is 8.96. The van der Waals surface area contributed by atoms with E-state index in [0.29, 0.717) is 5.25 Å². The van der Waals surface area contributed by atoms with Gasteiger partial charge in [0.2, 0.25) is 0 Å². The standard InChI is InChI=1S/C11H13NOS/c1-2-10-8-13-11(14-10)12-9-6-4-3-5-7-9/h3-7,10H,2,8H2,1H3. The lowest BCUT2D eigenvalue weighted by molar-refractivity contribution is 0.326. The lowest BCUT2D eigenvalue weighted by Gasteiger charge is -1.96. The Hall–Kier alpha value is -0.960. The monoisotopic (exact) mass is 207 g/mol. The second-order valence-corrected chi connectivity index (χ2v) is 4.42. The predicted molar refractivity (Wildman–Crippen MR) is 61.2 cm³/mol. The van der Waals surface area contributed by atoms with Gasteiger partial charge in [-0.2, -0.15) is 0 Å². The van der Waals surface area contributed by atoms with Crippen molar-refractivity contribution >= 4 is 22.7 Å². The Labute approximate surface area is 88.4 Å². The number of aliphatic imine (C=N–C) groups is 1. The fourth-order valence-electron chi connectivity index (χ4n) is 1.24. The molecule has 0 aliphatic carbocycles. The van der Waals surface area contributed by atoms with Crippen molar-refractivity contribution in [3.8, 4) is 0 Å². The van der Waals surface area contributed by atoms with Gasteiger partial charge in [-0.25, -0.2) is 4.99 Å². The summed E-state index contributed by atoms with van der Waals surface area (Å²) >= 11 is 1.73. The number of para-hydroxylation sites is 1. The first kappa shape index (κ1) is 9.59. The summed E-state index contributed by atoms with van der Waals surface area (Å²) in [6.07, 6.45) is 1.14. The van der Waals surface area contributed by atoms with Gasteiger partial charge in [0.25, 0.3) is 5.23 Å². The van der Waals surface area contributed by atoms with Gasteiger partial charge in [0.05, 0.1) is 5.69 Å². The second-order valence-electron chi connectivity index (χ2n) is 3.17. The molecule has 0 radical (unpaired) electrons. The quantitative estimate of drug-likeness (QED) is 0.742. The van der Waals surface area contributed by atoms with E-state index in [0.717, 1.165) is 23.9 Å². The molecule has 1 aromatic carbocycles. The second kappa shape index (κ2) is 4.51. The van der Waals surface area contributed by atoms with Crippen LogP contribution in [0.1, 0.15) is 13.3 Å². The van der Waals surface area contributed by atoms with Gasteiger partial charge >= 0.3 is 0 Å². The maximum Gasteiger partial charge on any atom is 0.251 e. The molecule has 74 valence electrons. The molecule has 0 saturated carbocycles. The van der Waals surface area contributed by atoms with Crippen molar-refractivity contribution in [2.24, 2.45) is 4.99 Å². The van der Waals surface area contributed by atoms with E-state index in [9.17, 15) is 0 Å². The lowest BCUT2D eigenvalue weighted by atomic mass is 10.3. The smallest absolute Gasteiger partial charge is 0.251 e. The van der Waals surface area contributed by atoms with Crippen LogP contribution in [-0.2, 0) is 4.74 Å². The van der Waals surface area contributed by atoms with Crippen LogP contribution in [0.2, 0.25) is 0 Å². The highest BCUT2D eigenvalue weighted by molar-refractivity contribution is 8.14. The molecule has 3 heteroatoms. The molecular weight excluding hydrogens is 194 g/mol. The minimum absolute atomic E-state index is 0.581. The summed E-state index contributed by atoms with van der Waals surface area (Å²) in [5.41, 5.74) is 0.965. The molecule has 1 aromatic rings. The van der Waals surface area contributed by atoms with E-state index < -0.39 is 0 Å². The van der Waals surface area contributed by atoms with Crippen molar-refractivity contribution in [2.75, 3.05) is 6.61 Å². The first-order chi connectivity index (χ1) is 6.88. The van der Waals surface area contributed by atoms with Gasteiger partial charge in [0.1, 0.15) is 6.61 Å². The molecular formula is C11H13NOS. The van der Waals surface area contributed by atoms with Gasteiger partial charge in [-0.3, -0.25) is 0 Å². The number of benzene rings is 1. The van der Waals surface area contributed by atoms with Gasteiger partial charge in [-0.1, -0.05) is 36.9 Å². The van der Waals surface area contributed by atoms with Crippen molar-refractivity contribution in [3.05, 3.63) is 30.3 Å². The van der Waals surface area contributed by atoms with Crippen LogP contribution in [0.4, 0.5) is 5.69 Å². The Morgan fingerprint density at radius 1 is 1.43 bits per heavy atom. The average molecular weight is 207 g/mol. The van der Waals surface area contributed by atoms with Crippen molar-refractivity contribution in [1.82, 2.24) is 0 Å². The highest BCUT2D eigenvalue weighted by Gasteiger charge is 2.21. The number of thioether (sulfide) groups is 1. The molecule has 0 bridgehead atoms. The molecule has 1 saturated heterocycles. The van der Waals surface area contributed by atoms with Crippen molar-refractivity contribution in [1.29, 1.82) is 0 Å². The van der Waals surface area contributed by atoms with E-state index in [-0.39, 0.29) is 0 Å². The molecule has 1 fully saturated rings. The number of hydrogen-bond acceptors (Lipinski definition) is 3. The van der Waals surface area contributed by atoms with Gasteiger partial charge < -0.3 is 4.74 Å². The SMILES string of the molecule is CCC1COC(=Nc2ccccc2)S1. The highest BCUT2D eigenvalue weighted by Crippen LogP contribution is 2.27. The van der Waals surface area contributed by atoms with Crippen molar-refractivity contribution < 1.29 is 4.74 Å². The third-order valence-electron chi connectivity index (χ3n) is 2.09. The topological polar surface area (TPSA) is 21.6 Å². The number of ether oxygens (including phenoxy) is 1. The predicted octanol–water partition coefficient (Wildman–Crippen LogP) is 3.22. The first-order valence-corrected chi connectivity index (χ1v) is 5.69. The Morgan fingerprint density at radius 2 is 2.21 bits per heavy atom. The Kier molecular flexibility index (Phi) is 3.09. The molecule has 0 spiro atoms. The Bertz CT molecular complexity index is 323. The maximum absolute atomic E-state index is 5.47. The molecule has 2 nitrogen and oxygen atoms in total. The van der Waals surface area contributed by atoms with Gasteiger partial charge in [0.15, 0.2) is 0 Å². The largest absolute Gasteiger partial charge is 0.472 e. The summed E-state index contributed by atoms with van der Waals surface area (Å²) < 4.78 is 5.47. The molecule has 1 heterocycles. The maximum atomic E-state index is 5.47. The molecule has 1 atom stereocenters. The van der Waals surface area contributed by atoms with Crippen LogP contribution in [0.5, 0.6) is 0 Å². The third kappa shape index (κ3) is 2.29. The van der Waals surface area contributed by atoms with Crippen LogP contribution < -0.4 is 0 Å². The summed E-state index contributed by atoms with van der Waals surface area (Å²) in [6, 6.07) is 9.92. The Morgan fingerprint density at radius 3 is 2.86 bits per heavy atom. The lowest BCUT2D eigenvalue weighted by Crippen LogP contribution is -1.98. The summed E-state index contributed by atoms with van der Waals surface area (Å²) in [5, 5.41) is 1.39. The van der Waals surface area contributed by atoms with E-state index in [1.807, 2.05) is 30.3 Å². The fraction of sp³-hybridized carbons (Fsp3) is 0.364. The van der Waals surface area contributed by atoms with Crippen LogP contribution in [0.15, 0.2) is 35.3 Å². The molecule has 1 aliphatic rings. The number of nitrogens with zero attached hydrogens (tertiary/aromatic N) is 1. The molecule has 1 aliphatic heterocycles. The molecule has 2 rings (SSSR count). The van der Waals surface area contributed by atoms with Crippen LogP contribution in [0.3, 0.4) is 0 Å². The van der Waals surface area contributed by atoms with E-state index in [4.69, 9.17) is 4.74 Å². The summed E-state index contributed by atoms with van der Waals surface area (Å²) in [5.74, 6) is 0. The minimum Gasteiger partial charge on any atom is -0.472 e. The van der Waals surface area contributed by atoms with Gasteiger partial charge in [-0.15, -0.1) is 0 Å². The molecule has 1 unspecified atom stereocenters. The molecule has 0 aromatic heterocycles. The third-order valence-corrected chi connectivity index (χ3v) is 3.31. The number of rotatable bonds is 2. The zero-order valence-electron chi connectivity index (χ0n) is 8.14. The van der Waals surface area contributed by atoms with Gasteiger partial charge in [-0.05, 0) is 18.6 Å². The molecule has 0 N–H and O–H groups in total. The van der Waals surface area contributed by atoms with Crippen LogP contribution in [0, 0.1) is 0 Å². The summed E-state index contributed by atoms with van der Waals surface area (Å²) in [4.78, 5) is 4.41. The van der Waals surface area contributed by atoms with E-state index in [1.165, 1.54) is 0 Å². The zero-order chi connectivity index (χ0) is 9.80. The van der Waals surface area contributed by atoms with Crippen LogP contribution in [-0.4, -0.2) is 17.1 Å². The van der Waals surface area contributed by atoms with Crippen molar-refractivity contribution in [3.63, 3.8) is 0 Å². The van der Waals surface area contributed by atoms with Crippen LogP contribution in [0.25, 0.3) is 0 Å². The van der Waals surface area contributed by atoms with E-state index in [2.05, 4.69) is 11.9 Å². The normalized spacial score (nSPS) is 23.8. The minimum atomic E-state index is 0.581. The highest BCUT2D eigenvalue weighted by atomic mass is 32.2. The fourth-order valence-corrected chi connectivity index (χ4v) is 2.12. The van der Waals surface area contributed by atoms with E-state index >= 15 is 0 Å². The average Bonchev–Trinajstić information content (AvgIpc) is 2.67. The molecule has 14 heavy (non-hydrogen) atoms. The number of hydrogen-bond donors (Lipinski definition) is 0. The van der Waals surface area contributed by atoms with Gasteiger partial charge in [0, 0.05) is 5.25 Å². The summed E-state index contributed by atoms with van der Waals surface area (Å²) in [6.45, 7) is 2.97. The summed E-state index contributed by atoms with van der Waals surface area (Å²) in [7, 11) is 0. The first-order valence-electron chi connectivity index (χ1n) is 4.81. The van der Waals surface area contributed by atoms with E-state index in [1.54, 1.807) is 11.8 Å². The van der Waals surface area contributed by atoms with Crippen LogP contribution >= 0.6 is 11.8 Å². The van der Waals surface area contributed by atoms with Crippen molar-refractivity contribution in [2.45, 2.75) is 18.6 Å². The molecule has 0 amide bonds. The Balaban J connectivity index is 2.06.